The molecule has 0 aliphatic carbocycles. The molecule has 0 amide bonds. The highest BCUT2D eigenvalue weighted by atomic mass is 16.5. The minimum atomic E-state index is -0.542. The third-order valence-corrected chi connectivity index (χ3v) is 3.99. The highest BCUT2D eigenvalue weighted by Crippen LogP contribution is 2.31. The molecule has 18 heavy (non-hydrogen) atoms. The van der Waals surface area contributed by atoms with Gasteiger partial charge in [0, 0.05) is 0 Å². The first kappa shape index (κ1) is 15.3. The van der Waals surface area contributed by atoms with Crippen LogP contribution in [0.1, 0.15) is 27.2 Å². The molecule has 0 aromatic carbocycles. The summed E-state index contributed by atoms with van der Waals surface area (Å²) in [6.45, 7) is 7.13. The van der Waals surface area contributed by atoms with Crippen LogP contribution < -0.4 is 0 Å². The summed E-state index contributed by atoms with van der Waals surface area (Å²) in [5.74, 6) is 0.299. The molecular formula is C13H22O5. The summed E-state index contributed by atoms with van der Waals surface area (Å²) in [5.41, 5.74) is -0.639. The predicted octanol–water partition coefficient (Wildman–Crippen LogP) is 0.586. The molecule has 0 aromatic rings. The number of rotatable bonds is 4. The van der Waals surface area contributed by atoms with E-state index in [1.807, 2.05) is 6.92 Å². The molecule has 104 valence electrons. The molecule has 0 saturated carbocycles. The number of hydrogen-bond donors (Lipinski definition) is 1. The zero-order chi connectivity index (χ0) is 13.8. The van der Waals surface area contributed by atoms with Crippen molar-refractivity contribution in [1.82, 2.24) is 0 Å². The molecule has 0 bridgehead atoms. The van der Waals surface area contributed by atoms with E-state index in [0.717, 1.165) is 6.42 Å². The third-order valence-electron chi connectivity index (χ3n) is 3.99. The van der Waals surface area contributed by atoms with Crippen molar-refractivity contribution in [2.75, 3.05) is 33.0 Å². The van der Waals surface area contributed by atoms with Crippen molar-refractivity contribution in [3.05, 3.63) is 0 Å². The lowest BCUT2D eigenvalue weighted by atomic mass is 9.80. The fourth-order valence-corrected chi connectivity index (χ4v) is 1.76. The van der Waals surface area contributed by atoms with Gasteiger partial charge < -0.3 is 14.6 Å². The minimum absolute atomic E-state index is 0.0243. The van der Waals surface area contributed by atoms with E-state index < -0.39 is 5.41 Å². The fourth-order valence-electron chi connectivity index (χ4n) is 1.76. The van der Waals surface area contributed by atoms with E-state index in [1.165, 1.54) is 6.92 Å². The van der Waals surface area contributed by atoms with Gasteiger partial charge in [-0.15, -0.1) is 0 Å². The molecule has 5 nitrogen and oxygen atoms in total. The predicted molar refractivity (Wildman–Crippen MR) is 65.2 cm³/mol. The van der Waals surface area contributed by atoms with Crippen LogP contribution in [0.3, 0.4) is 0 Å². The highest BCUT2D eigenvalue weighted by molar-refractivity contribution is 5.83. The Kier molecular flexibility index (Phi) is 5.01. The van der Waals surface area contributed by atoms with E-state index in [0.29, 0.717) is 26.4 Å². The molecule has 2 fully saturated rings. The maximum Gasteiger partial charge on any atom is 0.142 e. The van der Waals surface area contributed by atoms with Crippen LogP contribution in [0.2, 0.25) is 0 Å². The van der Waals surface area contributed by atoms with Crippen molar-refractivity contribution < 1.29 is 24.2 Å². The van der Waals surface area contributed by atoms with Gasteiger partial charge in [-0.3, -0.25) is 9.59 Å². The average molecular weight is 258 g/mol. The Balaban J connectivity index is 0.000000180. The van der Waals surface area contributed by atoms with Crippen LogP contribution in [-0.2, 0) is 19.1 Å². The summed E-state index contributed by atoms with van der Waals surface area (Å²) in [6.07, 6.45) is 0.919. The molecule has 2 rings (SSSR count). The summed E-state index contributed by atoms with van der Waals surface area (Å²) in [6, 6.07) is 0. The molecule has 2 saturated heterocycles. The molecular weight excluding hydrogens is 236 g/mol. The number of ether oxygens (including phenoxy) is 2. The van der Waals surface area contributed by atoms with Crippen LogP contribution in [-0.4, -0.2) is 49.7 Å². The monoisotopic (exact) mass is 258 g/mol. The van der Waals surface area contributed by atoms with Gasteiger partial charge in [0.1, 0.15) is 11.6 Å². The number of ketones is 2. The summed E-state index contributed by atoms with van der Waals surface area (Å²) < 4.78 is 9.78. The lowest BCUT2D eigenvalue weighted by molar-refractivity contribution is -0.165. The van der Waals surface area contributed by atoms with Gasteiger partial charge in [0.25, 0.3) is 0 Å². The van der Waals surface area contributed by atoms with Gasteiger partial charge in [0.05, 0.1) is 43.9 Å². The fraction of sp³-hybridized carbons (Fsp3) is 0.846. The minimum Gasteiger partial charge on any atom is -0.395 e. The Bertz CT molecular complexity index is 272. The normalized spacial score (nSPS) is 22.9. The van der Waals surface area contributed by atoms with Crippen molar-refractivity contribution in [2.45, 2.75) is 27.2 Å². The number of carbonyl (C=O) groups is 2. The number of carbonyl (C=O) groups excluding carboxylic acids is 2. The van der Waals surface area contributed by atoms with Crippen LogP contribution in [0.4, 0.5) is 0 Å². The Labute approximate surface area is 107 Å². The van der Waals surface area contributed by atoms with Crippen molar-refractivity contribution in [2.24, 2.45) is 10.8 Å². The number of aliphatic hydroxyl groups is 1. The first-order valence-electron chi connectivity index (χ1n) is 6.21. The molecule has 2 aliphatic heterocycles. The van der Waals surface area contributed by atoms with Crippen LogP contribution >= 0.6 is 0 Å². The molecule has 5 heteroatoms. The van der Waals surface area contributed by atoms with Crippen LogP contribution in [0.25, 0.3) is 0 Å². The van der Waals surface area contributed by atoms with Crippen molar-refractivity contribution in [3.63, 3.8) is 0 Å². The van der Waals surface area contributed by atoms with E-state index in [-0.39, 0.29) is 23.6 Å². The first-order valence-corrected chi connectivity index (χ1v) is 6.21. The van der Waals surface area contributed by atoms with Crippen molar-refractivity contribution >= 4 is 11.6 Å². The second-order valence-electron chi connectivity index (χ2n) is 5.17. The Hall–Kier alpha value is -0.780. The summed E-state index contributed by atoms with van der Waals surface area (Å²) in [7, 11) is 0. The van der Waals surface area contributed by atoms with Gasteiger partial charge in [-0.2, -0.15) is 0 Å². The van der Waals surface area contributed by atoms with Gasteiger partial charge in [-0.1, -0.05) is 6.92 Å². The Morgan fingerprint density at radius 1 is 1.00 bits per heavy atom. The first-order chi connectivity index (χ1) is 8.42. The van der Waals surface area contributed by atoms with Gasteiger partial charge in [0.15, 0.2) is 0 Å². The third kappa shape index (κ3) is 2.79. The molecule has 2 aliphatic rings. The largest absolute Gasteiger partial charge is 0.395 e. The second kappa shape index (κ2) is 5.91. The van der Waals surface area contributed by atoms with Gasteiger partial charge >= 0.3 is 0 Å². The zero-order valence-electron chi connectivity index (χ0n) is 11.3. The van der Waals surface area contributed by atoms with Crippen LogP contribution in [0, 0.1) is 10.8 Å². The second-order valence-corrected chi connectivity index (χ2v) is 5.17. The lowest BCUT2D eigenvalue weighted by Crippen LogP contribution is -2.50. The summed E-state index contributed by atoms with van der Waals surface area (Å²) >= 11 is 0. The van der Waals surface area contributed by atoms with Crippen molar-refractivity contribution in [3.8, 4) is 0 Å². The SMILES string of the molecule is CC(=O)C1(CO)COC1.CCC1(C(C)=O)COC1. The van der Waals surface area contributed by atoms with Crippen LogP contribution in [0.5, 0.6) is 0 Å². The molecule has 0 spiro atoms. The average Bonchev–Trinajstić information content (AvgIpc) is 2.15. The van der Waals surface area contributed by atoms with E-state index >= 15 is 0 Å². The Morgan fingerprint density at radius 3 is 1.39 bits per heavy atom. The number of hydrogen-bond acceptors (Lipinski definition) is 5. The standard InChI is InChI=1S/C7H12O2.C6H10O3/c1-3-7(6(2)8)4-9-5-7;1-5(8)6(2-7)3-9-4-6/h3-5H2,1-2H3;7H,2-4H2,1H3. The van der Waals surface area contributed by atoms with Crippen LogP contribution in [0.15, 0.2) is 0 Å². The zero-order valence-corrected chi connectivity index (χ0v) is 11.3. The maximum absolute atomic E-state index is 10.9. The van der Waals surface area contributed by atoms with Crippen molar-refractivity contribution in [1.29, 1.82) is 0 Å². The van der Waals surface area contributed by atoms with E-state index in [2.05, 4.69) is 0 Å². The van der Waals surface area contributed by atoms with E-state index in [9.17, 15) is 9.59 Å². The highest BCUT2D eigenvalue weighted by Gasteiger charge is 2.42. The molecule has 2 heterocycles. The van der Waals surface area contributed by atoms with E-state index in [1.54, 1.807) is 6.92 Å². The van der Waals surface area contributed by atoms with Gasteiger partial charge in [0.2, 0.25) is 0 Å². The maximum atomic E-state index is 10.9. The molecule has 0 radical (unpaired) electrons. The van der Waals surface area contributed by atoms with Gasteiger partial charge in [-0.05, 0) is 20.3 Å². The topological polar surface area (TPSA) is 72.8 Å². The lowest BCUT2D eigenvalue weighted by Gasteiger charge is -2.38. The summed E-state index contributed by atoms with van der Waals surface area (Å²) in [5, 5.41) is 8.71. The number of aliphatic hydroxyl groups excluding tert-OH is 1. The van der Waals surface area contributed by atoms with E-state index in [4.69, 9.17) is 14.6 Å². The smallest absolute Gasteiger partial charge is 0.142 e. The quantitative estimate of drug-likeness (QED) is 0.799. The van der Waals surface area contributed by atoms with Gasteiger partial charge in [-0.25, -0.2) is 0 Å². The molecule has 0 unspecified atom stereocenters. The number of Topliss-reactive ketones (excluding diaryl/α,β-unsaturated/α-hetero) is 2. The molecule has 1 N–H and O–H groups in total. The molecule has 0 aromatic heterocycles. The summed E-state index contributed by atoms with van der Waals surface area (Å²) in [4.78, 5) is 21.6. The molecule has 0 atom stereocenters. The Morgan fingerprint density at radius 2 is 1.39 bits per heavy atom.